The fourth-order valence-corrected chi connectivity index (χ4v) is 2.00. The van der Waals surface area contributed by atoms with E-state index in [4.69, 9.17) is 4.74 Å². The highest BCUT2D eigenvalue weighted by Crippen LogP contribution is 2.25. The molecule has 2 rings (SSSR count). The summed E-state index contributed by atoms with van der Waals surface area (Å²) in [6, 6.07) is 5.74. The second-order valence-electron chi connectivity index (χ2n) is 5.51. The molecule has 0 saturated carbocycles. The van der Waals surface area contributed by atoms with Gasteiger partial charge in [0.25, 0.3) is 5.91 Å². The van der Waals surface area contributed by atoms with Gasteiger partial charge in [-0.05, 0) is 51.0 Å². The van der Waals surface area contributed by atoms with Crippen molar-refractivity contribution >= 4 is 5.91 Å². The van der Waals surface area contributed by atoms with E-state index in [2.05, 4.69) is 0 Å². The Morgan fingerprint density at radius 1 is 1.29 bits per heavy atom. The molecule has 0 aliphatic carbocycles. The molecule has 1 aromatic carbocycles. The Balaban J connectivity index is 2.29. The maximum atomic E-state index is 11.9. The molecule has 1 heterocycles. The summed E-state index contributed by atoms with van der Waals surface area (Å²) >= 11 is 0. The number of hydrogen-bond donors (Lipinski definition) is 0. The lowest BCUT2D eigenvalue weighted by Gasteiger charge is -2.26. The molecule has 0 unspecified atom stereocenters. The van der Waals surface area contributed by atoms with E-state index in [0.717, 1.165) is 29.8 Å². The van der Waals surface area contributed by atoms with E-state index < -0.39 is 0 Å². The molecule has 0 radical (unpaired) electrons. The maximum Gasteiger partial charge on any atom is 0.253 e. The molecule has 17 heavy (non-hydrogen) atoms. The van der Waals surface area contributed by atoms with E-state index in [1.54, 1.807) is 4.90 Å². The molecule has 0 fully saturated rings. The summed E-state index contributed by atoms with van der Waals surface area (Å²) in [4.78, 5) is 13.7. The fourth-order valence-electron chi connectivity index (χ4n) is 2.00. The minimum absolute atomic E-state index is 0.105. The number of carbonyl (C=O) groups excluding carboxylic acids is 1. The molecule has 1 amide bonds. The molecule has 0 N–H and O–H groups in total. The van der Waals surface area contributed by atoms with Crippen molar-refractivity contribution < 1.29 is 9.53 Å². The van der Waals surface area contributed by atoms with Crippen LogP contribution in [0.1, 0.15) is 36.7 Å². The van der Waals surface area contributed by atoms with Crippen LogP contribution < -0.4 is 4.74 Å². The fraction of sp³-hybridized carbons (Fsp3) is 0.500. The van der Waals surface area contributed by atoms with Gasteiger partial charge in [0.2, 0.25) is 0 Å². The number of benzene rings is 1. The van der Waals surface area contributed by atoms with Crippen LogP contribution in [0.4, 0.5) is 0 Å². The Kier molecular flexibility index (Phi) is 2.86. The first-order chi connectivity index (χ1) is 7.87. The third-order valence-electron chi connectivity index (χ3n) is 2.79. The van der Waals surface area contributed by atoms with E-state index >= 15 is 0 Å². The second-order valence-corrected chi connectivity index (χ2v) is 5.51. The lowest BCUT2D eigenvalue weighted by atomic mass is 9.99. The molecule has 0 spiro atoms. The monoisotopic (exact) mass is 233 g/mol. The SMILES string of the molecule is CN1CCc2cc(OC(C)(C)C)ccc2C1=O. The van der Waals surface area contributed by atoms with Gasteiger partial charge in [0.1, 0.15) is 11.4 Å². The van der Waals surface area contributed by atoms with Crippen LogP contribution in [-0.4, -0.2) is 30.0 Å². The van der Waals surface area contributed by atoms with Gasteiger partial charge < -0.3 is 9.64 Å². The summed E-state index contributed by atoms with van der Waals surface area (Å²) < 4.78 is 5.80. The number of fused-ring (bicyclic) bond motifs is 1. The van der Waals surface area contributed by atoms with Crippen molar-refractivity contribution in [1.29, 1.82) is 0 Å². The molecule has 0 atom stereocenters. The Hall–Kier alpha value is -1.51. The normalized spacial score (nSPS) is 15.8. The standard InChI is InChI=1S/C14H19NO2/c1-14(2,3)17-11-5-6-12-10(9-11)7-8-15(4)13(12)16/h5-6,9H,7-8H2,1-4H3. The van der Waals surface area contributed by atoms with Crippen molar-refractivity contribution in [2.24, 2.45) is 0 Å². The third kappa shape index (κ3) is 2.60. The van der Waals surface area contributed by atoms with E-state index in [-0.39, 0.29) is 11.5 Å². The summed E-state index contributed by atoms with van der Waals surface area (Å²) in [6.07, 6.45) is 0.902. The van der Waals surface area contributed by atoms with Crippen molar-refractivity contribution in [2.75, 3.05) is 13.6 Å². The molecule has 1 aromatic rings. The van der Waals surface area contributed by atoms with Gasteiger partial charge in [-0.3, -0.25) is 4.79 Å². The smallest absolute Gasteiger partial charge is 0.253 e. The average molecular weight is 233 g/mol. The average Bonchev–Trinajstić information content (AvgIpc) is 2.21. The van der Waals surface area contributed by atoms with Crippen molar-refractivity contribution in [3.63, 3.8) is 0 Å². The predicted octanol–water partition coefficient (Wildman–Crippen LogP) is 2.49. The summed E-state index contributed by atoms with van der Waals surface area (Å²) in [7, 11) is 1.84. The first-order valence-corrected chi connectivity index (χ1v) is 5.94. The van der Waals surface area contributed by atoms with Gasteiger partial charge >= 0.3 is 0 Å². The minimum atomic E-state index is -0.205. The minimum Gasteiger partial charge on any atom is -0.488 e. The molecular formula is C14H19NO2. The van der Waals surface area contributed by atoms with E-state index in [1.807, 2.05) is 46.0 Å². The Morgan fingerprint density at radius 2 is 2.00 bits per heavy atom. The second kappa shape index (κ2) is 4.06. The van der Waals surface area contributed by atoms with Gasteiger partial charge in [-0.15, -0.1) is 0 Å². The van der Waals surface area contributed by atoms with Crippen molar-refractivity contribution in [1.82, 2.24) is 4.90 Å². The number of carbonyl (C=O) groups is 1. The van der Waals surface area contributed by atoms with Crippen LogP contribution in [0.15, 0.2) is 18.2 Å². The maximum absolute atomic E-state index is 11.9. The number of hydrogen-bond acceptors (Lipinski definition) is 2. The van der Waals surface area contributed by atoms with Crippen LogP contribution in [0, 0.1) is 0 Å². The van der Waals surface area contributed by atoms with Crippen LogP contribution in [0.2, 0.25) is 0 Å². The van der Waals surface area contributed by atoms with E-state index in [9.17, 15) is 4.79 Å². The largest absolute Gasteiger partial charge is 0.488 e. The lowest BCUT2D eigenvalue weighted by molar-refractivity contribution is 0.0780. The van der Waals surface area contributed by atoms with Crippen LogP contribution in [0.5, 0.6) is 5.75 Å². The zero-order chi connectivity index (χ0) is 12.6. The van der Waals surface area contributed by atoms with Crippen molar-refractivity contribution in [3.8, 4) is 5.75 Å². The number of likely N-dealkylation sites (N-methyl/N-ethyl adjacent to an activating group) is 1. The number of amides is 1. The summed E-state index contributed by atoms with van der Waals surface area (Å²) in [5.41, 5.74) is 1.69. The number of rotatable bonds is 1. The van der Waals surface area contributed by atoms with E-state index in [0.29, 0.717) is 0 Å². The molecule has 3 heteroatoms. The Labute approximate surface area is 102 Å². The highest BCUT2D eigenvalue weighted by Gasteiger charge is 2.22. The lowest BCUT2D eigenvalue weighted by Crippen LogP contribution is -2.34. The first kappa shape index (κ1) is 12.0. The van der Waals surface area contributed by atoms with Gasteiger partial charge in [0.15, 0.2) is 0 Å². The Bertz CT molecular complexity index is 446. The van der Waals surface area contributed by atoms with Crippen LogP contribution in [0.3, 0.4) is 0 Å². The summed E-state index contributed by atoms with van der Waals surface area (Å²) in [5, 5.41) is 0. The zero-order valence-electron chi connectivity index (χ0n) is 10.9. The number of nitrogens with zero attached hydrogens (tertiary/aromatic N) is 1. The quantitative estimate of drug-likeness (QED) is 0.746. The molecule has 3 nitrogen and oxygen atoms in total. The Morgan fingerprint density at radius 3 is 2.65 bits per heavy atom. The first-order valence-electron chi connectivity index (χ1n) is 5.94. The molecular weight excluding hydrogens is 214 g/mol. The summed E-state index contributed by atoms with van der Waals surface area (Å²) in [5.74, 6) is 0.946. The van der Waals surface area contributed by atoms with Gasteiger partial charge in [0, 0.05) is 19.2 Å². The summed E-state index contributed by atoms with van der Waals surface area (Å²) in [6.45, 7) is 6.84. The highest BCUT2D eigenvalue weighted by molar-refractivity contribution is 5.96. The van der Waals surface area contributed by atoms with Crippen LogP contribution >= 0.6 is 0 Å². The topological polar surface area (TPSA) is 29.5 Å². The third-order valence-corrected chi connectivity index (χ3v) is 2.79. The predicted molar refractivity (Wildman–Crippen MR) is 67.5 cm³/mol. The van der Waals surface area contributed by atoms with Crippen molar-refractivity contribution in [2.45, 2.75) is 32.8 Å². The van der Waals surface area contributed by atoms with Crippen LogP contribution in [-0.2, 0) is 6.42 Å². The van der Waals surface area contributed by atoms with Gasteiger partial charge in [-0.25, -0.2) is 0 Å². The van der Waals surface area contributed by atoms with Gasteiger partial charge in [-0.1, -0.05) is 0 Å². The molecule has 0 saturated heterocycles. The molecule has 92 valence electrons. The molecule has 0 aromatic heterocycles. The van der Waals surface area contributed by atoms with Gasteiger partial charge in [0.05, 0.1) is 0 Å². The molecule has 1 aliphatic rings. The van der Waals surface area contributed by atoms with Crippen molar-refractivity contribution in [3.05, 3.63) is 29.3 Å². The number of ether oxygens (including phenoxy) is 1. The van der Waals surface area contributed by atoms with E-state index in [1.165, 1.54) is 0 Å². The molecule has 0 bridgehead atoms. The van der Waals surface area contributed by atoms with Gasteiger partial charge in [-0.2, -0.15) is 0 Å². The zero-order valence-corrected chi connectivity index (χ0v) is 10.9. The highest BCUT2D eigenvalue weighted by atomic mass is 16.5. The molecule has 1 aliphatic heterocycles. The van der Waals surface area contributed by atoms with Crippen LogP contribution in [0.25, 0.3) is 0 Å².